The molecule has 1 nitrogen and oxygen atoms in total. The lowest BCUT2D eigenvalue weighted by Crippen LogP contribution is -1.87. The number of anilines is 1. The molecule has 1 aromatic carbocycles. The van der Waals surface area contributed by atoms with Crippen molar-refractivity contribution in [1.29, 1.82) is 0 Å². The van der Waals surface area contributed by atoms with E-state index in [1.54, 1.807) is 0 Å². The highest BCUT2D eigenvalue weighted by molar-refractivity contribution is 5.85. The van der Waals surface area contributed by atoms with Gasteiger partial charge in [0.25, 0.3) is 0 Å². The first kappa shape index (κ1) is 9.87. The highest BCUT2D eigenvalue weighted by Gasteiger charge is 1.87. The SMILES string of the molecule is C#Cc1cccc(NC)c1.Cl. The van der Waals surface area contributed by atoms with Gasteiger partial charge in [-0.1, -0.05) is 12.0 Å². The number of terminal acetylenes is 1. The Bertz CT molecular complexity index is 263. The van der Waals surface area contributed by atoms with Gasteiger partial charge >= 0.3 is 0 Å². The van der Waals surface area contributed by atoms with Crippen LogP contribution in [0.4, 0.5) is 5.69 Å². The molecule has 0 heterocycles. The molecule has 0 unspecified atom stereocenters. The summed E-state index contributed by atoms with van der Waals surface area (Å²) in [5.41, 5.74) is 1.96. The zero-order valence-corrected chi connectivity index (χ0v) is 7.11. The zero-order valence-electron chi connectivity index (χ0n) is 6.29. The second kappa shape index (κ2) is 4.65. The van der Waals surface area contributed by atoms with Crippen molar-refractivity contribution in [3.63, 3.8) is 0 Å². The van der Waals surface area contributed by atoms with E-state index in [9.17, 15) is 0 Å². The molecule has 0 saturated carbocycles. The third-order valence-corrected chi connectivity index (χ3v) is 1.32. The summed E-state index contributed by atoms with van der Waals surface area (Å²) < 4.78 is 0. The third-order valence-electron chi connectivity index (χ3n) is 1.32. The fourth-order valence-electron chi connectivity index (χ4n) is 0.764. The van der Waals surface area contributed by atoms with Crippen LogP contribution in [0.15, 0.2) is 24.3 Å². The number of nitrogens with one attached hydrogen (secondary N) is 1. The number of hydrogen-bond donors (Lipinski definition) is 1. The molecule has 0 atom stereocenters. The lowest BCUT2D eigenvalue weighted by Gasteiger charge is -1.97. The van der Waals surface area contributed by atoms with Crippen LogP contribution >= 0.6 is 12.4 Å². The molecule has 1 rings (SSSR count). The lowest BCUT2D eigenvalue weighted by atomic mass is 10.2. The van der Waals surface area contributed by atoms with Gasteiger partial charge in [-0.05, 0) is 18.2 Å². The fraction of sp³-hybridized carbons (Fsp3) is 0.111. The van der Waals surface area contributed by atoms with E-state index in [0.717, 1.165) is 11.3 Å². The van der Waals surface area contributed by atoms with Gasteiger partial charge in [0, 0.05) is 18.3 Å². The van der Waals surface area contributed by atoms with Crippen molar-refractivity contribution in [2.24, 2.45) is 0 Å². The Morgan fingerprint density at radius 1 is 1.45 bits per heavy atom. The second-order valence-electron chi connectivity index (χ2n) is 1.98. The van der Waals surface area contributed by atoms with Crippen LogP contribution in [0.1, 0.15) is 5.56 Å². The fourth-order valence-corrected chi connectivity index (χ4v) is 0.764. The molecular weight excluding hydrogens is 158 g/mol. The van der Waals surface area contributed by atoms with Crippen LogP contribution in [-0.2, 0) is 0 Å². The van der Waals surface area contributed by atoms with Gasteiger partial charge in [-0.15, -0.1) is 18.8 Å². The van der Waals surface area contributed by atoms with Gasteiger partial charge in [0.05, 0.1) is 0 Å². The molecule has 0 amide bonds. The number of halogens is 1. The molecule has 0 aromatic heterocycles. The largest absolute Gasteiger partial charge is 0.388 e. The molecule has 0 aliphatic carbocycles. The zero-order chi connectivity index (χ0) is 7.40. The first-order valence-corrected chi connectivity index (χ1v) is 3.11. The van der Waals surface area contributed by atoms with E-state index in [2.05, 4.69) is 11.2 Å². The van der Waals surface area contributed by atoms with Crippen LogP contribution in [-0.4, -0.2) is 7.05 Å². The monoisotopic (exact) mass is 167 g/mol. The van der Waals surface area contributed by atoms with E-state index in [1.165, 1.54) is 0 Å². The van der Waals surface area contributed by atoms with E-state index >= 15 is 0 Å². The van der Waals surface area contributed by atoms with Crippen molar-refractivity contribution >= 4 is 18.1 Å². The van der Waals surface area contributed by atoms with Crippen LogP contribution in [0.5, 0.6) is 0 Å². The Morgan fingerprint density at radius 3 is 2.73 bits per heavy atom. The van der Waals surface area contributed by atoms with Gasteiger partial charge in [0.15, 0.2) is 0 Å². The summed E-state index contributed by atoms with van der Waals surface area (Å²) in [6.07, 6.45) is 5.20. The minimum absolute atomic E-state index is 0. The van der Waals surface area contributed by atoms with E-state index in [0.29, 0.717) is 0 Å². The van der Waals surface area contributed by atoms with Gasteiger partial charge in [-0.2, -0.15) is 0 Å². The van der Waals surface area contributed by atoms with Gasteiger partial charge in [-0.3, -0.25) is 0 Å². The molecule has 1 N–H and O–H groups in total. The van der Waals surface area contributed by atoms with Crippen LogP contribution < -0.4 is 5.32 Å². The van der Waals surface area contributed by atoms with Crippen LogP contribution in [0.25, 0.3) is 0 Å². The molecule has 0 spiro atoms. The Morgan fingerprint density at radius 2 is 2.18 bits per heavy atom. The molecule has 0 aliphatic rings. The Balaban J connectivity index is 0.000001000. The maximum atomic E-state index is 5.20. The topological polar surface area (TPSA) is 12.0 Å². The number of rotatable bonds is 1. The van der Waals surface area contributed by atoms with Crippen LogP contribution in [0.2, 0.25) is 0 Å². The smallest absolute Gasteiger partial charge is 0.0350 e. The maximum absolute atomic E-state index is 5.20. The first-order valence-electron chi connectivity index (χ1n) is 3.11. The molecular formula is C9H10ClN. The second-order valence-corrected chi connectivity index (χ2v) is 1.98. The summed E-state index contributed by atoms with van der Waals surface area (Å²) >= 11 is 0. The predicted octanol–water partition coefficient (Wildman–Crippen LogP) is 2.13. The van der Waals surface area contributed by atoms with Crippen molar-refractivity contribution in [3.8, 4) is 12.3 Å². The Hall–Kier alpha value is -1.13. The van der Waals surface area contributed by atoms with Crippen molar-refractivity contribution in [1.82, 2.24) is 0 Å². The minimum atomic E-state index is 0. The Kier molecular flexibility index (Phi) is 4.17. The van der Waals surface area contributed by atoms with Crippen LogP contribution in [0, 0.1) is 12.3 Å². The first-order chi connectivity index (χ1) is 4.86. The normalized spacial score (nSPS) is 7.64. The molecule has 0 radical (unpaired) electrons. The van der Waals surface area contributed by atoms with Gasteiger partial charge in [-0.25, -0.2) is 0 Å². The quantitative estimate of drug-likeness (QED) is 0.632. The summed E-state index contributed by atoms with van der Waals surface area (Å²) in [5, 5.41) is 3.01. The van der Waals surface area contributed by atoms with E-state index in [4.69, 9.17) is 6.42 Å². The van der Waals surface area contributed by atoms with Gasteiger partial charge in [0.2, 0.25) is 0 Å². The van der Waals surface area contributed by atoms with E-state index < -0.39 is 0 Å². The third kappa shape index (κ3) is 2.53. The molecule has 0 saturated heterocycles. The van der Waals surface area contributed by atoms with Gasteiger partial charge in [0.1, 0.15) is 0 Å². The summed E-state index contributed by atoms with van der Waals surface area (Å²) in [6, 6.07) is 7.74. The molecule has 58 valence electrons. The van der Waals surface area contributed by atoms with E-state index in [1.807, 2.05) is 31.3 Å². The van der Waals surface area contributed by atoms with Crippen molar-refractivity contribution in [2.75, 3.05) is 12.4 Å². The molecule has 2 heteroatoms. The summed E-state index contributed by atoms with van der Waals surface area (Å²) in [4.78, 5) is 0. The van der Waals surface area contributed by atoms with Crippen LogP contribution in [0.3, 0.4) is 0 Å². The standard InChI is InChI=1S/C9H9N.ClH/c1-3-8-5-4-6-9(7-8)10-2;/h1,4-7,10H,2H3;1H. The summed E-state index contributed by atoms with van der Waals surface area (Å²) in [6.45, 7) is 0. The molecule has 11 heavy (non-hydrogen) atoms. The molecule has 1 aromatic rings. The van der Waals surface area contributed by atoms with Crippen molar-refractivity contribution in [2.45, 2.75) is 0 Å². The summed E-state index contributed by atoms with van der Waals surface area (Å²) in [7, 11) is 1.87. The van der Waals surface area contributed by atoms with Crippen molar-refractivity contribution in [3.05, 3.63) is 29.8 Å². The maximum Gasteiger partial charge on any atom is 0.0350 e. The lowest BCUT2D eigenvalue weighted by molar-refractivity contribution is 1.50. The molecule has 0 bridgehead atoms. The average molecular weight is 168 g/mol. The predicted molar refractivity (Wildman–Crippen MR) is 51.2 cm³/mol. The van der Waals surface area contributed by atoms with Crippen molar-refractivity contribution < 1.29 is 0 Å². The highest BCUT2D eigenvalue weighted by Crippen LogP contribution is 2.07. The summed E-state index contributed by atoms with van der Waals surface area (Å²) in [5.74, 6) is 2.56. The Labute approximate surface area is 73.2 Å². The van der Waals surface area contributed by atoms with Gasteiger partial charge < -0.3 is 5.32 Å². The molecule has 0 fully saturated rings. The molecule has 0 aliphatic heterocycles. The number of benzene rings is 1. The number of hydrogen-bond acceptors (Lipinski definition) is 1. The highest BCUT2D eigenvalue weighted by atomic mass is 35.5. The van der Waals surface area contributed by atoms with E-state index in [-0.39, 0.29) is 12.4 Å². The minimum Gasteiger partial charge on any atom is -0.388 e. The average Bonchev–Trinajstić information content (AvgIpc) is 2.05.